The summed E-state index contributed by atoms with van der Waals surface area (Å²) < 4.78 is 2.62. The van der Waals surface area contributed by atoms with E-state index in [2.05, 4.69) is 208 Å². The van der Waals surface area contributed by atoms with E-state index in [4.69, 9.17) is 0 Å². The predicted molar refractivity (Wildman–Crippen MR) is 233 cm³/mol. The average Bonchev–Trinajstić information content (AvgIpc) is 3.89. The number of hydrogen-bond donors (Lipinski definition) is 0. The van der Waals surface area contributed by atoms with Crippen molar-refractivity contribution >= 4 is 21.8 Å². The van der Waals surface area contributed by atoms with Crippen LogP contribution in [-0.4, -0.2) is 4.57 Å². The van der Waals surface area contributed by atoms with Crippen LogP contribution in [0.2, 0.25) is 0 Å². The average molecular weight is 716 g/mol. The maximum Gasteiger partial charge on any atom is 0.0714 e. The van der Waals surface area contributed by atoms with Crippen LogP contribution in [0.3, 0.4) is 0 Å². The summed E-state index contributed by atoms with van der Waals surface area (Å²) in [5.41, 5.74) is 22.0. The Morgan fingerprint density at radius 3 is 1.52 bits per heavy atom. The van der Waals surface area contributed by atoms with Gasteiger partial charge in [-0.2, -0.15) is 0 Å². The van der Waals surface area contributed by atoms with Gasteiger partial charge in [0, 0.05) is 32.9 Å². The van der Waals surface area contributed by atoms with Crippen molar-refractivity contribution in [1.82, 2.24) is 4.57 Å². The van der Waals surface area contributed by atoms with Crippen molar-refractivity contribution < 1.29 is 0 Å². The zero-order valence-electron chi connectivity index (χ0n) is 32.2. The largest absolute Gasteiger partial charge is 0.309 e. The quantitative estimate of drug-likeness (QED) is 0.172. The summed E-state index contributed by atoms with van der Waals surface area (Å²) in [5, 5.41) is 2.67. The molecule has 0 N–H and O–H groups in total. The highest BCUT2D eigenvalue weighted by Gasteiger charge is 2.49. The second-order valence-electron chi connectivity index (χ2n) is 17.2. The van der Waals surface area contributed by atoms with Gasteiger partial charge in [0.15, 0.2) is 0 Å². The van der Waals surface area contributed by atoms with E-state index in [1.807, 2.05) is 0 Å². The SMILES string of the molecule is CC1(C)c2ccccc2-c2c1c1c(c3c2c2ccccc2n3-c2ccc3c(c2)C(c2ccccc2)(c2ccccc2)c2ccccc2-3)-c2ccccc2C1(C)C. The van der Waals surface area contributed by atoms with Crippen molar-refractivity contribution in [1.29, 1.82) is 0 Å². The van der Waals surface area contributed by atoms with Crippen LogP contribution in [0.1, 0.15) is 72.2 Å². The van der Waals surface area contributed by atoms with Crippen molar-refractivity contribution in [2.45, 2.75) is 43.9 Å². The Balaban J connectivity index is 1.28. The molecule has 1 heteroatoms. The van der Waals surface area contributed by atoms with Gasteiger partial charge < -0.3 is 4.57 Å². The molecule has 0 radical (unpaired) electrons. The Morgan fingerprint density at radius 2 is 0.875 bits per heavy atom. The van der Waals surface area contributed by atoms with Gasteiger partial charge in [-0.25, -0.2) is 0 Å². The van der Waals surface area contributed by atoms with Gasteiger partial charge in [-0.05, 0) is 90.5 Å². The molecular formula is C55H41N. The predicted octanol–water partition coefficient (Wildman–Crippen LogP) is 13.8. The van der Waals surface area contributed by atoms with Crippen molar-refractivity contribution in [3.05, 3.63) is 220 Å². The van der Waals surface area contributed by atoms with E-state index >= 15 is 0 Å². The van der Waals surface area contributed by atoms with Crippen LogP contribution in [0.25, 0.3) is 60.9 Å². The first kappa shape index (κ1) is 31.9. The highest BCUT2D eigenvalue weighted by atomic mass is 15.0. The molecule has 266 valence electrons. The molecule has 0 saturated heterocycles. The molecule has 0 unspecified atom stereocenters. The smallest absolute Gasteiger partial charge is 0.0714 e. The Bertz CT molecular complexity index is 3080. The fourth-order valence-electron chi connectivity index (χ4n) is 11.6. The van der Waals surface area contributed by atoms with E-state index in [0.29, 0.717) is 0 Å². The molecule has 0 atom stereocenters. The van der Waals surface area contributed by atoms with Gasteiger partial charge in [-0.3, -0.25) is 0 Å². The lowest BCUT2D eigenvalue weighted by atomic mass is 9.67. The molecule has 8 aromatic carbocycles. The summed E-state index contributed by atoms with van der Waals surface area (Å²) in [5.74, 6) is 0. The van der Waals surface area contributed by atoms with E-state index in [1.54, 1.807) is 0 Å². The minimum absolute atomic E-state index is 0.156. The molecule has 0 saturated carbocycles. The number of hydrogen-bond acceptors (Lipinski definition) is 0. The number of fused-ring (bicyclic) bond motifs is 15. The molecule has 9 aromatic rings. The standard InChI is InChI=1S/C55H41N/c1-53(2)42-27-15-12-24-39(42)47-48-41-26-14-18-30-46(41)56(52(48)49-40-25-13-16-28-43(40)54(3,4)51(49)50(47)53)36-31-32-38-37-23-11-17-29-44(37)55(45(38)33-36,34-19-7-5-8-20-34)35-21-9-6-10-22-35/h5-33H,1-4H3. The highest BCUT2D eigenvalue weighted by molar-refractivity contribution is 6.23. The lowest BCUT2D eigenvalue weighted by Crippen LogP contribution is -2.28. The van der Waals surface area contributed by atoms with E-state index in [1.165, 1.54) is 105 Å². The molecule has 0 spiro atoms. The fraction of sp³-hybridized carbons (Fsp3) is 0.127. The van der Waals surface area contributed by atoms with Crippen LogP contribution in [0.15, 0.2) is 176 Å². The van der Waals surface area contributed by atoms with Gasteiger partial charge in [0.1, 0.15) is 0 Å². The zero-order chi connectivity index (χ0) is 37.6. The summed E-state index contributed by atoms with van der Waals surface area (Å²) in [6.45, 7) is 9.81. The summed E-state index contributed by atoms with van der Waals surface area (Å²) in [4.78, 5) is 0. The van der Waals surface area contributed by atoms with Gasteiger partial charge >= 0.3 is 0 Å². The zero-order valence-corrected chi connectivity index (χ0v) is 32.2. The number of benzene rings is 8. The molecule has 0 bridgehead atoms. The molecule has 1 aromatic heterocycles. The molecule has 12 rings (SSSR count). The number of nitrogens with zero attached hydrogens (tertiary/aromatic N) is 1. The van der Waals surface area contributed by atoms with Crippen molar-refractivity contribution in [3.63, 3.8) is 0 Å². The van der Waals surface area contributed by atoms with Crippen LogP contribution < -0.4 is 0 Å². The molecule has 56 heavy (non-hydrogen) atoms. The second kappa shape index (κ2) is 10.9. The van der Waals surface area contributed by atoms with Crippen molar-refractivity contribution in [2.75, 3.05) is 0 Å². The molecule has 0 aliphatic heterocycles. The fourth-order valence-corrected chi connectivity index (χ4v) is 11.6. The lowest BCUT2D eigenvalue weighted by molar-refractivity contribution is 0.602. The molecule has 0 amide bonds. The number of para-hydroxylation sites is 1. The Morgan fingerprint density at radius 1 is 0.393 bits per heavy atom. The van der Waals surface area contributed by atoms with Crippen LogP contribution in [0, 0.1) is 0 Å². The monoisotopic (exact) mass is 715 g/mol. The minimum atomic E-state index is -0.482. The third kappa shape index (κ3) is 3.72. The third-order valence-corrected chi connectivity index (χ3v) is 13.8. The van der Waals surface area contributed by atoms with E-state index < -0.39 is 5.41 Å². The normalized spacial score (nSPS) is 15.9. The van der Waals surface area contributed by atoms with Gasteiger partial charge in [-0.15, -0.1) is 0 Å². The van der Waals surface area contributed by atoms with Gasteiger partial charge in [0.25, 0.3) is 0 Å². The maximum absolute atomic E-state index is 2.62. The molecule has 3 aliphatic rings. The van der Waals surface area contributed by atoms with E-state index in [9.17, 15) is 0 Å². The van der Waals surface area contributed by atoms with E-state index in [-0.39, 0.29) is 10.8 Å². The van der Waals surface area contributed by atoms with Crippen LogP contribution in [-0.2, 0) is 16.2 Å². The van der Waals surface area contributed by atoms with Gasteiger partial charge in [-0.1, -0.05) is 185 Å². The summed E-state index contributed by atoms with van der Waals surface area (Å²) in [6.07, 6.45) is 0. The Hall–Kier alpha value is -6.44. The number of aromatic nitrogens is 1. The topological polar surface area (TPSA) is 4.93 Å². The molecule has 3 aliphatic carbocycles. The lowest BCUT2D eigenvalue weighted by Gasteiger charge is -2.34. The number of rotatable bonds is 3. The molecule has 1 heterocycles. The van der Waals surface area contributed by atoms with Crippen LogP contribution in [0.4, 0.5) is 0 Å². The second-order valence-corrected chi connectivity index (χ2v) is 17.2. The first-order chi connectivity index (χ1) is 27.3. The summed E-state index contributed by atoms with van der Waals surface area (Å²) in [6, 6.07) is 66.3. The Kier molecular flexibility index (Phi) is 6.18. The third-order valence-electron chi connectivity index (χ3n) is 13.8. The molecular weight excluding hydrogens is 675 g/mol. The first-order valence-corrected chi connectivity index (χ1v) is 20.0. The van der Waals surface area contributed by atoms with Gasteiger partial charge in [0.05, 0.1) is 16.4 Å². The van der Waals surface area contributed by atoms with Crippen molar-refractivity contribution in [2.24, 2.45) is 0 Å². The van der Waals surface area contributed by atoms with Crippen molar-refractivity contribution in [3.8, 4) is 39.1 Å². The highest BCUT2D eigenvalue weighted by Crippen LogP contribution is 2.64. The van der Waals surface area contributed by atoms with Gasteiger partial charge in [0.2, 0.25) is 0 Å². The summed E-state index contributed by atoms with van der Waals surface area (Å²) in [7, 11) is 0. The Labute approximate surface area is 328 Å². The minimum Gasteiger partial charge on any atom is -0.309 e. The molecule has 0 fully saturated rings. The molecule has 1 nitrogen and oxygen atoms in total. The van der Waals surface area contributed by atoms with E-state index in [0.717, 1.165) is 0 Å². The van der Waals surface area contributed by atoms with Crippen LogP contribution in [0.5, 0.6) is 0 Å². The maximum atomic E-state index is 2.62. The first-order valence-electron chi connectivity index (χ1n) is 20.0. The van der Waals surface area contributed by atoms with Crippen LogP contribution >= 0.6 is 0 Å². The summed E-state index contributed by atoms with van der Waals surface area (Å²) >= 11 is 0.